The topological polar surface area (TPSA) is 44.8 Å². The highest BCUT2D eigenvalue weighted by Gasteiger charge is 2.27. The van der Waals surface area contributed by atoms with E-state index in [2.05, 4.69) is 13.8 Å². The van der Waals surface area contributed by atoms with Crippen LogP contribution in [-0.2, 0) is 18.1 Å². The van der Waals surface area contributed by atoms with Crippen molar-refractivity contribution >= 4 is 7.82 Å². The van der Waals surface area contributed by atoms with Crippen LogP contribution in [0.15, 0.2) is 0 Å². The number of phosphoric acid groups is 1. The summed E-state index contributed by atoms with van der Waals surface area (Å²) in [6, 6.07) is 0. The number of rotatable bonds is 14. The summed E-state index contributed by atoms with van der Waals surface area (Å²) >= 11 is 0. The fourth-order valence-electron chi connectivity index (χ4n) is 1.77. The zero-order valence-corrected chi connectivity index (χ0v) is 14.6. The fraction of sp³-hybridized carbons (Fsp3) is 1.00. The molecular weight excluding hydrogens is 275 g/mol. The van der Waals surface area contributed by atoms with Gasteiger partial charge in [-0.1, -0.05) is 52.4 Å². The van der Waals surface area contributed by atoms with Crippen LogP contribution in [0, 0.1) is 0 Å². The Balaban J connectivity index is 3.98. The molecule has 20 heavy (non-hydrogen) atoms. The first-order chi connectivity index (χ1) is 9.54. The Bertz CT molecular complexity index is 238. The van der Waals surface area contributed by atoms with Gasteiger partial charge in [0.15, 0.2) is 0 Å². The van der Waals surface area contributed by atoms with Gasteiger partial charge >= 0.3 is 7.82 Å². The second-order valence-electron chi connectivity index (χ2n) is 5.39. The molecule has 0 fully saturated rings. The van der Waals surface area contributed by atoms with Crippen LogP contribution in [0.3, 0.4) is 0 Å². The zero-order valence-electron chi connectivity index (χ0n) is 13.7. The lowest BCUT2D eigenvalue weighted by Crippen LogP contribution is -2.07. The van der Waals surface area contributed by atoms with Gasteiger partial charge in [0.25, 0.3) is 0 Å². The van der Waals surface area contributed by atoms with Crippen molar-refractivity contribution in [2.24, 2.45) is 0 Å². The lowest BCUT2D eigenvalue weighted by atomic mass is 10.2. The van der Waals surface area contributed by atoms with Crippen LogP contribution >= 0.6 is 7.82 Å². The van der Waals surface area contributed by atoms with Crippen LogP contribution in [0.5, 0.6) is 0 Å². The monoisotopic (exact) mass is 308 g/mol. The highest BCUT2D eigenvalue weighted by atomic mass is 31.2. The van der Waals surface area contributed by atoms with Gasteiger partial charge in [-0.25, -0.2) is 4.57 Å². The number of hydrogen-bond acceptors (Lipinski definition) is 4. The third kappa shape index (κ3) is 11.9. The van der Waals surface area contributed by atoms with E-state index in [0.717, 1.165) is 25.7 Å². The van der Waals surface area contributed by atoms with Crippen molar-refractivity contribution in [1.29, 1.82) is 0 Å². The molecule has 5 heteroatoms. The third-order valence-electron chi connectivity index (χ3n) is 2.83. The summed E-state index contributed by atoms with van der Waals surface area (Å²) in [5, 5.41) is 0. The number of unbranched alkanes of at least 4 members (excludes halogenated alkanes) is 6. The lowest BCUT2D eigenvalue weighted by molar-refractivity contribution is 0.0884. The average Bonchev–Trinajstić information content (AvgIpc) is 2.37. The Morgan fingerprint density at radius 2 is 1.25 bits per heavy atom. The minimum Gasteiger partial charge on any atom is -0.287 e. The molecule has 122 valence electrons. The van der Waals surface area contributed by atoms with E-state index in [1.165, 1.54) is 25.7 Å². The maximum Gasteiger partial charge on any atom is 0.475 e. The molecule has 0 unspecified atom stereocenters. The molecule has 0 saturated carbocycles. The van der Waals surface area contributed by atoms with Crippen LogP contribution in [0.2, 0.25) is 0 Å². The Morgan fingerprint density at radius 3 is 1.60 bits per heavy atom. The molecule has 0 spiro atoms. The first kappa shape index (κ1) is 20.1. The summed E-state index contributed by atoms with van der Waals surface area (Å²) in [6.45, 7) is 8.89. The van der Waals surface area contributed by atoms with Gasteiger partial charge in [-0.15, -0.1) is 0 Å². The van der Waals surface area contributed by atoms with Crippen molar-refractivity contribution in [3.05, 3.63) is 0 Å². The van der Waals surface area contributed by atoms with Crippen LogP contribution in [-0.4, -0.2) is 19.3 Å². The fourth-order valence-corrected chi connectivity index (χ4v) is 3.18. The molecule has 0 aromatic heterocycles. The number of phosphoric ester groups is 1. The molecule has 0 aliphatic carbocycles. The van der Waals surface area contributed by atoms with Gasteiger partial charge in [0.1, 0.15) is 0 Å². The Kier molecular flexibility index (Phi) is 12.9. The summed E-state index contributed by atoms with van der Waals surface area (Å²) in [4.78, 5) is 0. The molecule has 0 aromatic carbocycles. The molecule has 4 nitrogen and oxygen atoms in total. The predicted molar refractivity (Wildman–Crippen MR) is 84.0 cm³/mol. The molecule has 0 bridgehead atoms. The molecule has 0 aliphatic heterocycles. The van der Waals surface area contributed by atoms with Crippen LogP contribution in [0.25, 0.3) is 0 Å². The Hall–Kier alpha value is 0.110. The second kappa shape index (κ2) is 12.8. The minimum absolute atomic E-state index is 0.160. The molecule has 0 aromatic rings. The van der Waals surface area contributed by atoms with Crippen molar-refractivity contribution in [1.82, 2.24) is 0 Å². The molecule has 0 heterocycles. The minimum atomic E-state index is -3.37. The first-order valence-corrected chi connectivity index (χ1v) is 9.57. The van der Waals surface area contributed by atoms with Gasteiger partial charge in [0.05, 0.1) is 19.3 Å². The Morgan fingerprint density at radius 1 is 0.800 bits per heavy atom. The highest BCUT2D eigenvalue weighted by Crippen LogP contribution is 2.50. The molecular formula is C15H33O4P. The summed E-state index contributed by atoms with van der Waals surface area (Å²) in [5.41, 5.74) is 0. The highest BCUT2D eigenvalue weighted by molar-refractivity contribution is 7.48. The zero-order chi connectivity index (χ0) is 15.3. The smallest absolute Gasteiger partial charge is 0.287 e. The van der Waals surface area contributed by atoms with E-state index in [1.807, 2.05) is 13.8 Å². The summed E-state index contributed by atoms with van der Waals surface area (Å²) in [6.07, 6.45) is 8.53. The van der Waals surface area contributed by atoms with Crippen LogP contribution in [0.1, 0.15) is 79.1 Å². The summed E-state index contributed by atoms with van der Waals surface area (Å²) in [7, 11) is -3.37. The third-order valence-corrected chi connectivity index (χ3v) is 4.51. The quantitative estimate of drug-likeness (QED) is 0.304. The molecule has 0 aliphatic rings. The number of hydrogen-bond donors (Lipinski definition) is 0. The van der Waals surface area contributed by atoms with Gasteiger partial charge in [0.2, 0.25) is 0 Å². The SMILES string of the molecule is CCCCCCOP(=O)(OCCCCCC)OC(C)C. The molecule has 0 atom stereocenters. The molecule has 0 amide bonds. The lowest BCUT2D eigenvalue weighted by Gasteiger charge is -2.20. The van der Waals surface area contributed by atoms with E-state index in [9.17, 15) is 4.57 Å². The van der Waals surface area contributed by atoms with Crippen molar-refractivity contribution in [3.8, 4) is 0 Å². The van der Waals surface area contributed by atoms with E-state index < -0.39 is 7.82 Å². The summed E-state index contributed by atoms with van der Waals surface area (Å²) in [5.74, 6) is 0. The van der Waals surface area contributed by atoms with Gasteiger partial charge in [-0.05, 0) is 26.7 Å². The largest absolute Gasteiger partial charge is 0.475 e. The van der Waals surface area contributed by atoms with Crippen molar-refractivity contribution in [2.75, 3.05) is 13.2 Å². The molecule has 0 radical (unpaired) electrons. The van der Waals surface area contributed by atoms with Gasteiger partial charge in [-0.3, -0.25) is 13.6 Å². The predicted octanol–water partition coefficient (Wildman–Crippen LogP) is 5.71. The van der Waals surface area contributed by atoms with Gasteiger partial charge < -0.3 is 0 Å². The Labute approximate surface area is 125 Å². The molecule has 0 rings (SSSR count). The van der Waals surface area contributed by atoms with Crippen molar-refractivity contribution < 1.29 is 18.1 Å². The van der Waals surface area contributed by atoms with Gasteiger partial charge in [0, 0.05) is 0 Å². The van der Waals surface area contributed by atoms with Gasteiger partial charge in [-0.2, -0.15) is 0 Å². The van der Waals surface area contributed by atoms with E-state index >= 15 is 0 Å². The van der Waals surface area contributed by atoms with Crippen LogP contribution < -0.4 is 0 Å². The second-order valence-corrected chi connectivity index (χ2v) is 7.01. The normalized spacial score (nSPS) is 12.2. The van der Waals surface area contributed by atoms with E-state index in [-0.39, 0.29) is 6.10 Å². The van der Waals surface area contributed by atoms with E-state index in [0.29, 0.717) is 13.2 Å². The maximum atomic E-state index is 12.4. The first-order valence-electron chi connectivity index (χ1n) is 8.11. The van der Waals surface area contributed by atoms with Crippen molar-refractivity contribution in [2.45, 2.75) is 85.2 Å². The maximum absolute atomic E-state index is 12.4. The summed E-state index contributed by atoms with van der Waals surface area (Å²) < 4.78 is 28.6. The molecule has 0 N–H and O–H groups in total. The van der Waals surface area contributed by atoms with Crippen molar-refractivity contribution in [3.63, 3.8) is 0 Å². The standard InChI is InChI=1S/C15H33O4P/c1-5-7-9-11-13-17-20(16,19-15(3)4)18-14-12-10-8-6-2/h15H,5-14H2,1-4H3. The van der Waals surface area contributed by atoms with E-state index in [4.69, 9.17) is 13.6 Å². The van der Waals surface area contributed by atoms with Crippen LogP contribution in [0.4, 0.5) is 0 Å². The molecule has 0 saturated heterocycles. The van der Waals surface area contributed by atoms with E-state index in [1.54, 1.807) is 0 Å². The average molecular weight is 308 g/mol.